The van der Waals surface area contributed by atoms with E-state index in [1.165, 1.54) is 0 Å². The van der Waals surface area contributed by atoms with E-state index < -0.39 is 5.97 Å². The Morgan fingerprint density at radius 1 is 1.45 bits per heavy atom. The number of hydrogen-bond donors (Lipinski definition) is 1. The van der Waals surface area contributed by atoms with E-state index in [2.05, 4.69) is 15.9 Å². The van der Waals surface area contributed by atoms with Crippen molar-refractivity contribution in [3.8, 4) is 0 Å². The van der Waals surface area contributed by atoms with Crippen molar-refractivity contribution in [1.29, 1.82) is 0 Å². The Labute approximate surface area is 87.9 Å². The average Bonchev–Trinajstić information content (AvgIpc) is 1.88. The van der Waals surface area contributed by atoms with Crippen LogP contribution in [0.3, 0.4) is 0 Å². The van der Waals surface area contributed by atoms with Crippen LogP contribution in [0, 0.1) is 5.92 Å². The van der Waals surface area contributed by atoms with Gasteiger partial charge in [0, 0.05) is 4.83 Å². The first-order chi connectivity index (χ1) is 4.70. The molecular weight excluding hydrogens is 266 g/mol. The molecule has 0 aromatic rings. The summed E-state index contributed by atoms with van der Waals surface area (Å²) in [5, 5.41) is 8.64. The predicted molar refractivity (Wildman–Crippen MR) is 52.2 cm³/mol. The maximum absolute atomic E-state index is 10.5. The quantitative estimate of drug-likeness (QED) is 0.571. The Morgan fingerprint density at radius 2 is 2.09 bits per heavy atom. The second kappa shape index (κ2) is 5.27. The first-order valence-corrected chi connectivity index (χ1v) is 4.48. The predicted octanol–water partition coefficient (Wildman–Crippen LogP) is 0.841. The summed E-state index contributed by atoms with van der Waals surface area (Å²) in [4.78, 5) is 10.9. The summed E-state index contributed by atoms with van der Waals surface area (Å²) in [5.41, 5.74) is 0. The summed E-state index contributed by atoms with van der Waals surface area (Å²) in [6, 6.07) is 0. The number of carbonyl (C=O) groups is 1. The summed E-state index contributed by atoms with van der Waals surface area (Å²) < 4.78 is 0. The fourth-order valence-electron chi connectivity index (χ4n) is 1.35. The molecule has 0 heterocycles. The summed E-state index contributed by atoms with van der Waals surface area (Å²) in [6.45, 7) is 0. The molecule has 64 valence electrons. The number of halogens is 1. The number of carboxylic acid groups (broad SMARTS) is 1. The van der Waals surface area contributed by atoms with E-state index >= 15 is 0 Å². The van der Waals surface area contributed by atoms with Gasteiger partial charge in [-0.2, -0.15) is 0 Å². The zero-order chi connectivity index (χ0) is 7.56. The Hall–Kier alpha value is 0.586. The number of aliphatic carboxylic acids is 1. The van der Waals surface area contributed by atoms with Crippen molar-refractivity contribution in [3.63, 3.8) is 0 Å². The second-order valence-electron chi connectivity index (χ2n) is 2.80. The molecule has 0 spiro atoms. The molecule has 0 bridgehead atoms. The van der Waals surface area contributed by atoms with E-state index in [-0.39, 0.29) is 25.7 Å². The van der Waals surface area contributed by atoms with Gasteiger partial charge in [-0.3, -0.25) is 4.79 Å². The number of hydrogen-bond acceptors (Lipinski definition) is 1. The van der Waals surface area contributed by atoms with E-state index in [4.69, 9.17) is 5.11 Å². The number of rotatable bonds is 1. The SMILES string of the molecule is O=C(O)C1CCCC(Br)C1.[GaH3]. The zero-order valence-corrected chi connectivity index (χ0v) is 7.30. The molecule has 11 heavy (non-hydrogen) atoms. The van der Waals surface area contributed by atoms with Crippen molar-refractivity contribution < 1.29 is 9.90 Å². The molecular formula is C7H14BrGaO2. The molecule has 0 aliphatic heterocycles. The molecule has 4 heteroatoms. The van der Waals surface area contributed by atoms with Crippen molar-refractivity contribution >= 4 is 41.7 Å². The van der Waals surface area contributed by atoms with Gasteiger partial charge in [0.05, 0.1) is 5.92 Å². The molecule has 0 amide bonds. The van der Waals surface area contributed by atoms with Crippen LogP contribution in [-0.2, 0) is 4.79 Å². The van der Waals surface area contributed by atoms with Gasteiger partial charge >= 0.3 is 25.8 Å². The topological polar surface area (TPSA) is 37.3 Å². The molecule has 2 unspecified atom stereocenters. The molecule has 1 N–H and O–H groups in total. The second-order valence-corrected chi connectivity index (χ2v) is 4.09. The van der Waals surface area contributed by atoms with Crippen molar-refractivity contribution in [3.05, 3.63) is 0 Å². The molecule has 1 fully saturated rings. The van der Waals surface area contributed by atoms with Crippen molar-refractivity contribution in [2.45, 2.75) is 30.5 Å². The summed E-state index contributed by atoms with van der Waals surface area (Å²) in [7, 11) is 0. The first-order valence-electron chi connectivity index (χ1n) is 3.57. The van der Waals surface area contributed by atoms with E-state index in [0.717, 1.165) is 25.7 Å². The van der Waals surface area contributed by atoms with Crippen LogP contribution in [-0.4, -0.2) is 35.7 Å². The van der Waals surface area contributed by atoms with E-state index in [9.17, 15) is 4.79 Å². The summed E-state index contributed by atoms with van der Waals surface area (Å²) in [5.74, 6) is -0.734. The number of alkyl halides is 1. The van der Waals surface area contributed by atoms with E-state index in [1.54, 1.807) is 0 Å². The third kappa shape index (κ3) is 3.67. The van der Waals surface area contributed by atoms with Gasteiger partial charge in [-0.05, 0) is 19.3 Å². The monoisotopic (exact) mass is 278 g/mol. The van der Waals surface area contributed by atoms with Crippen LogP contribution in [0.4, 0.5) is 0 Å². The van der Waals surface area contributed by atoms with Gasteiger partial charge in [0.15, 0.2) is 0 Å². The molecule has 0 radical (unpaired) electrons. The van der Waals surface area contributed by atoms with Gasteiger partial charge in [-0.25, -0.2) is 0 Å². The molecule has 1 saturated carbocycles. The van der Waals surface area contributed by atoms with Gasteiger partial charge < -0.3 is 5.11 Å². The summed E-state index contributed by atoms with van der Waals surface area (Å²) >= 11 is 3.43. The van der Waals surface area contributed by atoms with Crippen LogP contribution < -0.4 is 0 Å². The minimum absolute atomic E-state index is 0. The Kier molecular flexibility index (Phi) is 5.55. The molecule has 0 aromatic heterocycles. The molecule has 2 nitrogen and oxygen atoms in total. The first kappa shape index (κ1) is 11.6. The zero-order valence-electron chi connectivity index (χ0n) is 5.72. The van der Waals surface area contributed by atoms with Gasteiger partial charge in [0.1, 0.15) is 0 Å². The Morgan fingerprint density at radius 3 is 2.45 bits per heavy atom. The Bertz CT molecular complexity index is 140. The van der Waals surface area contributed by atoms with Crippen LogP contribution in [0.5, 0.6) is 0 Å². The van der Waals surface area contributed by atoms with Gasteiger partial charge in [0.2, 0.25) is 0 Å². The van der Waals surface area contributed by atoms with Crippen molar-refractivity contribution in [2.75, 3.05) is 0 Å². The Balaban J connectivity index is 0.000001000. The van der Waals surface area contributed by atoms with Crippen LogP contribution in [0.25, 0.3) is 0 Å². The van der Waals surface area contributed by atoms with Crippen LogP contribution in [0.15, 0.2) is 0 Å². The standard InChI is InChI=1S/C7H11BrO2.Ga.3H/c8-6-3-1-2-5(4-6)7(9)10;;;;/h5-6H,1-4H2,(H,9,10);;;;. The van der Waals surface area contributed by atoms with Gasteiger partial charge in [-0.1, -0.05) is 22.4 Å². The maximum atomic E-state index is 10.5. The molecule has 2 atom stereocenters. The normalized spacial score (nSPS) is 30.6. The van der Waals surface area contributed by atoms with Gasteiger partial charge in [-0.15, -0.1) is 0 Å². The molecule has 1 aliphatic rings. The van der Waals surface area contributed by atoms with Crippen molar-refractivity contribution in [2.24, 2.45) is 5.92 Å². The van der Waals surface area contributed by atoms with E-state index in [0.29, 0.717) is 4.83 Å². The van der Waals surface area contributed by atoms with Crippen molar-refractivity contribution in [1.82, 2.24) is 0 Å². The fourth-order valence-corrected chi connectivity index (χ4v) is 2.13. The third-order valence-electron chi connectivity index (χ3n) is 1.96. The third-order valence-corrected chi connectivity index (χ3v) is 2.79. The molecule has 0 saturated heterocycles. The van der Waals surface area contributed by atoms with Crippen LogP contribution in [0.1, 0.15) is 25.7 Å². The van der Waals surface area contributed by atoms with Crippen LogP contribution in [0.2, 0.25) is 0 Å². The molecule has 1 rings (SSSR count). The summed E-state index contributed by atoms with van der Waals surface area (Å²) in [6.07, 6.45) is 3.84. The average molecular weight is 280 g/mol. The fraction of sp³-hybridized carbons (Fsp3) is 0.857. The van der Waals surface area contributed by atoms with Crippen LogP contribution >= 0.6 is 15.9 Å². The minimum atomic E-state index is -0.635. The molecule has 0 aromatic carbocycles. The van der Waals surface area contributed by atoms with E-state index in [1.807, 2.05) is 0 Å². The molecule has 1 aliphatic carbocycles. The van der Waals surface area contributed by atoms with Gasteiger partial charge in [0.25, 0.3) is 0 Å². The number of carboxylic acids is 1.